The van der Waals surface area contributed by atoms with Crippen LogP contribution in [0.4, 0.5) is 4.79 Å². The van der Waals surface area contributed by atoms with E-state index in [1.165, 1.54) is 0 Å². The van der Waals surface area contributed by atoms with Gasteiger partial charge in [0.15, 0.2) is 0 Å². The lowest BCUT2D eigenvalue weighted by Crippen LogP contribution is -2.41. The highest BCUT2D eigenvalue weighted by atomic mass is 16.2. The van der Waals surface area contributed by atoms with Crippen molar-refractivity contribution in [3.05, 3.63) is 47.5 Å². The van der Waals surface area contributed by atoms with Crippen LogP contribution in [0.5, 0.6) is 0 Å². The van der Waals surface area contributed by atoms with E-state index in [2.05, 4.69) is 15.4 Å². The first-order valence-electron chi connectivity index (χ1n) is 8.06. The molecule has 0 atom stereocenters. The number of nitrogens with zero attached hydrogens (tertiary/aromatic N) is 4. The summed E-state index contributed by atoms with van der Waals surface area (Å²) in [6.45, 7) is 3.27. The van der Waals surface area contributed by atoms with Crippen LogP contribution in [-0.2, 0) is 20.0 Å². The third-order valence-electron chi connectivity index (χ3n) is 4.12. The first-order chi connectivity index (χ1) is 11.1. The zero-order chi connectivity index (χ0) is 16.2. The van der Waals surface area contributed by atoms with Crippen molar-refractivity contribution in [1.82, 2.24) is 25.0 Å². The van der Waals surface area contributed by atoms with E-state index in [9.17, 15) is 4.79 Å². The number of nitrogens with one attached hydrogen (secondary N) is 1. The fraction of sp³-hybridized carbons (Fsp3) is 0.471. The summed E-state index contributed by atoms with van der Waals surface area (Å²) < 4.78 is 1.77. The summed E-state index contributed by atoms with van der Waals surface area (Å²) in [7, 11) is 1.89. The molecule has 6 nitrogen and oxygen atoms in total. The zero-order valence-corrected chi connectivity index (χ0v) is 13.7. The largest absolute Gasteiger partial charge is 0.338 e. The summed E-state index contributed by atoms with van der Waals surface area (Å²) in [6.07, 6.45) is 8.51. The Morgan fingerprint density at radius 3 is 2.96 bits per heavy atom. The second-order valence-corrected chi connectivity index (χ2v) is 6.13. The minimum absolute atomic E-state index is 0.00457. The molecular weight excluding hydrogens is 290 g/mol. The van der Waals surface area contributed by atoms with Crippen molar-refractivity contribution in [2.45, 2.75) is 38.8 Å². The van der Waals surface area contributed by atoms with Gasteiger partial charge in [0.1, 0.15) is 0 Å². The maximum absolute atomic E-state index is 12.5. The van der Waals surface area contributed by atoms with E-state index in [4.69, 9.17) is 0 Å². The minimum Gasteiger partial charge on any atom is -0.338 e. The molecule has 122 valence electrons. The van der Waals surface area contributed by atoms with Gasteiger partial charge in [-0.3, -0.25) is 9.67 Å². The van der Waals surface area contributed by atoms with E-state index < -0.39 is 0 Å². The molecule has 0 aliphatic heterocycles. The van der Waals surface area contributed by atoms with Gasteiger partial charge in [-0.25, -0.2) is 4.79 Å². The first kappa shape index (κ1) is 15.5. The fourth-order valence-electron chi connectivity index (χ4n) is 2.67. The Labute approximate surface area is 136 Å². The minimum atomic E-state index is 0.00457. The van der Waals surface area contributed by atoms with Gasteiger partial charge in [-0.2, -0.15) is 5.10 Å². The number of hydrogen-bond acceptors (Lipinski definition) is 3. The standard InChI is InChI=1S/C17H23N5O/c1-13-4-3-8-18-16(13)7-9-19-17(23)22(15-5-6-15)12-14-10-20-21(2)11-14/h3-4,8,10-11,15H,5-7,9,12H2,1-2H3,(H,19,23). The summed E-state index contributed by atoms with van der Waals surface area (Å²) in [6, 6.07) is 4.35. The number of aromatic nitrogens is 3. The highest BCUT2D eigenvalue weighted by Crippen LogP contribution is 2.28. The van der Waals surface area contributed by atoms with Crippen LogP contribution in [-0.4, -0.2) is 38.3 Å². The smallest absolute Gasteiger partial charge is 0.317 e. The van der Waals surface area contributed by atoms with E-state index in [1.54, 1.807) is 10.9 Å². The molecule has 2 heterocycles. The molecule has 1 aliphatic carbocycles. The van der Waals surface area contributed by atoms with Crippen molar-refractivity contribution in [3.8, 4) is 0 Å². The van der Waals surface area contributed by atoms with Gasteiger partial charge in [0, 0.05) is 49.7 Å². The first-order valence-corrected chi connectivity index (χ1v) is 8.06. The van der Waals surface area contributed by atoms with Crippen molar-refractivity contribution in [1.29, 1.82) is 0 Å². The van der Waals surface area contributed by atoms with Crippen LogP contribution in [0.3, 0.4) is 0 Å². The highest BCUT2D eigenvalue weighted by molar-refractivity contribution is 5.74. The molecule has 1 saturated carbocycles. The van der Waals surface area contributed by atoms with Crippen LogP contribution in [0, 0.1) is 6.92 Å². The Bertz CT molecular complexity index is 677. The average molecular weight is 313 g/mol. The van der Waals surface area contributed by atoms with E-state index in [0.29, 0.717) is 19.1 Å². The van der Waals surface area contributed by atoms with Gasteiger partial charge in [-0.15, -0.1) is 0 Å². The molecule has 0 bridgehead atoms. The Morgan fingerprint density at radius 1 is 1.48 bits per heavy atom. The lowest BCUT2D eigenvalue weighted by molar-refractivity contribution is 0.192. The molecule has 6 heteroatoms. The summed E-state index contributed by atoms with van der Waals surface area (Å²) in [5.74, 6) is 0. The number of urea groups is 1. The van der Waals surface area contributed by atoms with Crippen molar-refractivity contribution in [2.75, 3.05) is 6.54 Å². The Balaban J connectivity index is 1.53. The molecule has 0 aromatic carbocycles. The van der Waals surface area contributed by atoms with Crippen molar-refractivity contribution >= 4 is 6.03 Å². The molecule has 1 fully saturated rings. The summed E-state index contributed by atoms with van der Waals surface area (Å²) in [5, 5.41) is 7.20. The van der Waals surface area contributed by atoms with Crippen molar-refractivity contribution in [2.24, 2.45) is 7.05 Å². The maximum atomic E-state index is 12.5. The van der Waals surface area contributed by atoms with Gasteiger partial charge in [-0.1, -0.05) is 6.07 Å². The molecule has 2 aromatic heterocycles. The molecule has 0 radical (unpaired) electrons. The average Bonchev–Trinajstić information content (AvgIpc) is 3.29. The number of carbonyl (C=O) groups is 1. The SMILES string of the molecule is Cc1cccnc1CCNC(=O)N(Cc1cnn(C)c1)C1CC1. The second kappa shape index (κ2) is 6.81. The summed E-state index contributed by atoms with van der Waals surface area (Å²) in [4.78, 5) is 18.8. The number of hydrogen-bond donors (Lipinski definition) is 1. The van der Waals surface area contributed by atoms with Gasteiger partial charge in [-0.05, 0) is 31.4 Å². The van der Waals surface area contributed by atoms with Crippen molar-refractivity contribution in [3.63, 3.8) is 0 Å². The Hall–Kier alpha value is -2.37. The highest BCUT2D eigenvalue weighted by Gasteiger charge is 2.32. The third kappa shape index (κ3) is 4.09. The molecule has 0 saturated heterocycles. The molecular formula is C17H23N5O. The third-order valence-corrected chi connectivity index (χ3v) is 4.12. The van der Waals surface area contributed by atoms with Crippen LogP contribution in [0.25, 0.3) is 0 Å². The Kier molecular flexibility index (Phi) is 4.60. The quantitative estimate of drug-likeness (QED) is 0.887. The van der Waals surface area contributed by atoms with Crippen LogP contribution < -0.4 is 5.32 Å². The molecule has 0 spiro atoms. The summed E-state index contributed by atoms with van der Waals surface area (Å²) >= 11 is 0. The molecule has 1 aliphatic rings. The van der Waals surface area contributed by atoms with Crippen molar-refractivity contribution < 1.29 is 4.79 Å². The van der Waals surface area contributed by atoms with Crippen LogP contribution in [0.1, 0.15) is 29.7 Å². The van der Waals surface area contributed by atoms with E-state index >= 15 is 0 Å². The molecule has 3 rings (SSSR count). The number of pyridine rings is 1. The normalized spacial score (nSPS) is 13.8. The number of carbonyl (C=O) groups excluding carboxylic acids is 1. The van der Waals surface area contributed by atoms with Gasteiger partial charge < -0.3 is 10.2 Å². The second-order valence-electron chi connectivity index (χ2n) is 6.13. The number of amides is 2. The van der Waals surface area contributed by atoms with Gasteiger partial charge in [0.25, 0.3) is 0 Å². The number of aryl methyl sites for hydroxylation is 2. The lowest BCUT2D eigenvalue weighted by Gasteiger charge is -2.22. The van der Waals surface area contributed by atoms with Crippen LogP contribution in [0.2, 0.25) is 0 Å². The summed E-state index contributed by atoms with van der Waals surface area (Å²) in [5.41, 5.74) is 3.27. The predicted octanol–water partition coefficient (Wildman–Crippen LogP) is 2.04. The Morgan fingerprint density at radius 2 is 2.30 bits per heavy atom. The molecule has 0 unspecified atom stereocenters. The zero-order valence-electron chi connectivity index (χ0n) is 13.7. The molecule has 2 amide bonds. The van der Waals surface area contributed by atoms with E-state index in [0.717, 1.165) is 36.1 Å². The predicted molar refractivity (Wildman–Crippen MR) is 87.8 cm³/mol. The maximum Gasteiger partial charge on any atom is 0.317 e. The monoisotopic (exact) mass is 313 g/mol. The van der Waals surface area contributed by atoms with Gasteiger partial charge in [0.05, 0.1) is 12.7 Å². The topological polar surface area (TPSA) is 63.1 Å². The van der Waals surface area contributed by atoms with Crippen LogP contribution >= 0.6 is 0 Å². The fourth-order valence-corrected chi connectivity index (χ4v) is 2.67. The van der Waals surface area contributed by atoms with Crippen LogP contribution in [0.15, 0.2) is 30.7 Å². The number of rotatable bonds is 6. The molecule has 23 heavy (non-hydrogen) atoms. The van der Waals surface area contributed by atoms with E-state index in [-0.39, 0.29) is 6.03 Å². The molecule has 2 aromatic rings. The van der Waals surface area contributed by atoms with E-state index in [1.807, 2.05) is 43.4 Å². The van der Waals surface area contributed by atoms with Gasteiger partial charge >= 0.3 is 6.03 Å². The lowest BCUT2D eigenvalue weighted by atomic mass is 10.2. The molecule has 1 N–H and O–H groups in total. The van der Waals surface area contributed by atoms with Gasteiger partial charge in [0.2, 0.25) is 0 Å².